The molecule has 1 aliphatic rings. The molecule has 0 aromatic carbocycles. The lowest BCUT2D eigenvalue weighted by molar-refractivity contribution is 0.143. The van der Waals surface area contributed by atoms with Crippen LogP contribution in [0.15, 0.2) is 41.5 Å². The van der Waals surface area contributed by atoms with Gasteiger partial charge in [0.2, 0.25) is 0 Å². The first-order chi connectivity index (χ1) is 12.3. The Bertz CT molecular complexity index is 605. The normalized spacial score (nSPS) is 16.5. The number of amides is 2. The summed E-state index contributed by atoms with van der Waals surface area (Å²) in [6, 6.07) is 3.87. The van der Waals surface area contributed by atoms with Gasteiger partial charge < -0.3 is 19.6 Å². The highest BCUT2D eigenvalue weighted by Crippen LogP contribution is 2.24. The molecule has 136 valence electrons. The van der Waals surface area contributed by atoms with Crippen molar-refractivity contribution in [3.05, 3.63) is 42.9 Å². The molecule has 0 radical (unpaired) electrons. The van der Waals surface area contributed by atoms with Gasteiger partial charge in [0, 0.05) is 32.0 Å². The number of aromatic nitrogens is 2. The maximum Gasteiger partial charge on any atom is 0.314 e. The Hall–Kier alpha value is -2.28. The van der Waals surface area contributed by atoms with E-state index < -0.39 is 0 Å². The highest BCUT2D eigenvalue weighted by Gasteiger charge is 2.24. The first kappa shape index (κ1) is 17.5. The number of carbonyl (C=O) groups is 1. The summed E-state index contributed by atoms with van der Waals surface area (Å²) in [5.41, 5.74) is 0. The lowest BCUT2D eigenvalue weighted by Crippen LogP contribution is -2.43. The minimum atomic E-state index is -0.126. The van der Waals surface area contributed by atoms with Gasteiger partial charge in [-0.3, -0.25) is 4.90 Å². The van der Waals surface area contributed by atoms with Crippen LogP contribution < -0.4 is 10.6 Å². The average molecular weight is 345 g/mol. The van der Waals surface area contributed by atoms with Crippen LogP contribution in [0, 0.1) is 0 Å². The summed E-state index contributed by atoms with van der Waals surface area (Å²) in [5, 5.41) is 5.91. The second-order valence-electron chi connectivity index (χ2n) is 6.42. The fraction of sp³-hybridized carbons (Fsp3) is 0.556. The van der Waals surface area contributed by atoms with Crippen LogP contribution in [-0.4, -0.2) is 46.7 Å². The fourth-order valence-corrected chi connectivity index (χ4v) is 3.25. The molecule has 2 amide bonds. The van der Waals surface area contributed by atoms with Crippen molar-refractivity contribution in [1.29, 1.82) is 0 Å². The summed E-state index contributed by atoms with van der Waals surface area (Å²) in [6.07, 6.45) is 11.7. The smallest absolute Gasteiger partial charge is 0.314 e. The van der Waals surface area contributed by atoms with E-state index in [2.05, 4.69) is 20.5 Å². The zero-order valence-corrected chi connectivity index (χ0v) is 14.6. The van der Waals surface area contributed by atoms with E-state index in [-0.39, 0.29) is 12.1 Å². The summed E-state index contributed by atoms with van der Waals surface area (Å²) >= 11 is 0. The molecular weight excluding hydrogens is 318 g/mol. The van der Waals surface area contributed by atoms with Crippen LogP contribution in [0.2, 0.25) is 0 Å². The number of rotatable bonds is 8. The molecule has 1 fully saturated rings. The van der Waals surface area contributed by atoms with Gasteiger partial charge in [-0.05, 0) is 44.5 Å². The summed E-state index contributed by atoms with van der Waals surface area (Å²) in [4.78, 5) is 18.5. The van der Waals surface area contributed by atoms with Crippen molar-refractivity contribution in [1.82, 2.24) is 25.1 Å². The molecule has 2 aromatic heterocycles. The summed E-state index contributed by atoms with van der Waals surface area (Å²) in [7, 11) is 0. The molecule has 2 aromatic rings. The number of imidazole rings is 1. The first-order valence-corrected chi connectivity index (χ1v) is 9.08. The average Bonchev–Trinajstić information content (AvgIpc) is 3.34. The number of nitrogens with one attached hydrogen (secondary N) is 2. The number of likely N-dealkylation sites (tertiary alicyclic amines) is 1. The topological polar surface area (TPSA) is 75.3 Å². The Kier molecular flexibility index (Phi) is 6.50. The largest absolute Gasteiger partial charge is 0.468 e. The number of aryl methyl sites for hydroxylation is 1. The van der Waals surface area contributed by atoms with Crippen molar-refractivity contribution in [2.75, 3.05) is 26.2 Å². The fourth-order valence-electron chi connectivity index (χ4n) is 3.25. The Morgan fingerprint density at radius 3 is 2.88 bits per heavy atom. The summed E-state index contributed by atoms with van der Waals surface area (Å²) < 4.78 is 7.60. The minimum Gasteiger partial charge on any atom is -0.468 e. The number of carbonyl (C=O) groups excluding carboxylic acids is 1. The lowest BCUT2D eigenvalue weighted by atomic mass is 10.1. The van der Waals surface area contributed by atoms with E-state index in [1.807, 2.05) is 22.9 Å². The van der Waals surface area contributed by atoms with Gasteiger partial charge >= 0.3 is 6.03 Å². The molecule has 0 bridgehead atoms. The summed E-state index contributed by atoms with van der Waals surface area (Å²) in [5.74, 6) is 0.919. The number of piperidine rings is 1. The summed E-state index contributed by atoms with van der Waals surface area (Å²) in [6.45, 7) is 4.15. The van der Waals surface area contributed by atoms with Gasteiger partial charge in [0.05, 0.1) is 18.6 Å². The quantitative estimate of drug-likeness (QED) is 0.721. The highest BCUT2D eigenvalue weighted by molar-refractivity contribution is 5.73. The Labute approximate surface area is 148 Å². The molecule has 0 unspecified atom stereocenters. The van der Waals surface area contributed by atoms with Crippen molar-refractivity contribution in [2.45, 2.75) is 38.3 Å². The van der Waals surface area contributed by atoms with E-state index in [4.69, 9.17) is 4.42 Å². The molecule has 3 heterocycles. The first-order valence-electron chi connectivity index (χ1n) is 9.08. The van der Waals surface area contributed by atoms with Gasteiger partial charge in [-0.15, -0.1) is 0 Å². The molecule has 7 nitrogen and oxygen atoms in total. The Morgan fingerprint density at radius 2 is 2.16 bits per heavy atom. The van der Waals surface area contributed by atoms with Gasteiger partial charge in [0.15, 0.2) is 0 Å². The van der Waals surface area contributed by atoms with Crippen LogP contribution in [0.25, 0.3) is 0 Å². The van der Waals surface area contributed by atoms with Crippen LogP contribution >= 0.6 is 0 Å². The molecule has 3 rings (SSSR count). The highest BCUT2D eigenvalue weighted by atomic mass is 16.3. The van der Waals surface area contributed by atoms with E-state index >= 15 is 0 Å². The SMILES string of the molecule is O=C(NCCCn1ccnc1)NC[C@@H](c1ccco1)N1CCCCC1. The lowest BCUT2D eigenvalue weighted by Gasteiger charge is -2.33. The third-order valence-electron chi connectivity index (χ3n) is 4.60. The van der Waals surface area contributed by atoms with Crippen LogP contribution in [0.4, 0.5) is 4.79 Å². The monoisotopic (exact) mass is 345 g/mol. The van der Waals surface area contributed by atoms with E-state index in [9.17, 15) is 4.79 Å². The number of nitrogens with zero attached hydrogens (tertiary/aromatic N) is 3. The minimum absolute atomic E-state index is 0.104. The van der Waals surface area contributed by atoms with Crippen molar-refractivity contribution >= 4 is 6.03 Å². The van der Waals surface area contributed by atoms with Crippen molar-refractivity contribution in [3.8, 4) is 0 Å². The maximum atomic E-state index is 12.1. The van der Waals surface area contributed by atoms with Gasteiger partial charge in [-0.25, -0.2) is 9.78 Å². The number of hydrogen-bond donors (Lipinski definition) is 2. The number of urea groups is 1. The molecule has 0 aliphatic carbocycles. The zero-order valence-electron chi connectivity index (χ0n) is 14.6. The molecule has 1 saturated heterocycles. The molecule has 2 N–H and O–H groups in total. The number of hydrogen-bond acceptors (Lipinski definition) is 4. The standard InChI is InChI=1S/C18H27N5O2/c24-18(20-7-5-9-22-12-8-19-15-22)21-14-16(17-6-4-13-25-17)23-10-2-1-3-11-23/h4,6,8,12-13,15-16H,1-3,5,7,9-11,14H2,(H2,20,21,24)/t16-/m0/s1. The molecule has 1 aliphatic heterocycles. The molecule has 25 heavy (non-hydrogen) atoms. The maximum absolute atomic E-state index is 12.1. The zero-order chi connectivity index (χ0) is 17.3. The van der Waals surface area contributed by atoms with Crippen LogP contribution in [0.1, 0.15) is 37.5 Å². The van der Waals surface area contributed by atoms with Gasteiger partial charge in [0.25, 0.3) is 0 Å². The molecule has 7 heteroatoms. The molecular formula is C18H27N5O2. The van der Waals surface area contributed by atoms with Gasteiger partial charge in [0.1, 0.15) is 5.76 Å². The van der Waals surface area contributed by atoms with Gasteiger partial charge in [-0.1, -0.05) is 6.42 Å². The van der Waals surface area contributed by atoms with E-state index in [1.165, 1.54) is 19.3 Å². The van der Waals surface area contributed by atoms with Crippen LogP contribution in [-0.2, 0) is 6.54 Å². The van der Waals surface area contributed by atoms with Crippen molar-refractivity contribution in [2.24, 2.45) is 0 Å². The third-order valence-corrected chi connectivity index (χ3v) is 4.60. The molecule has 1 atom stereocenters. The second-order valence-corrected chi connectivity index (χ2v) is 6.42. The van der Waals surface area contributed by atoms with E-state index in [1.54, 1.807) is 18.8 Å². The van der Waals surface area contributed by atoms with Crippen LogP contribution in [0.3, 0.4) is 0 Å². The van der Waals surface area contributed by atoms with Crippen LogP contribution in [0.5, 0.6) is 0 Å². The Morgan fingerprint density at radius 1 is 1.28 bits per heavy atom. The van der Waals surface area contributed by atoms with Crippen molar-refractivity contribution < 1.29 is 9.21 Å². The van der Waals surface area contributed by atoms with Gasteiger partial charge in [-0.2, -0.15) is 0 Å². The third kappa shape index (κ3) is 5.35. The molecule has 0 spiro atoms. The number of furan rings is 1. The van der Waals surface area contributed by atoms with E-state index in [0.29, 0.717) is 13.1 Å². The predicted octanol–water partition coefficient (Wildman–Crippen LogP) is 2.39. The molecule has 0 saturated carbocycles. The Balaban J connectivity index is 1.41. The van der Waals surface area contributed by atoms with E-state index in [0.717, 1.165) is 31.8 Å². The predicted molar refractivity (Wildman–Crippen MR) is 95.1 cm³/mol. The van der Waals surface area contributed by atoms with Crippen molar-refractivity contribution in [3.63, 3.8) is 0 Å². The second kappa shape index (κ2) is 9.27.